The van der Waals surface area contributed by atoms with Crippen LogP contribution in [0.4, 0.5) is 10.5 Å². The van der Waals surface area contributed by atoms with Crippen LogP contribution < -0.4 is 10.6 Å². The highest BCUT2D eigenvalue weighted by molar-refractivity contribution is 6.30. The largest absolute Gasteiger partial charge is 0.351 e. The molecule has 1 heterocycles. The van der Waals surface area contributed by atoms with Gasteiger partial charge in [-0.3, -0.25) is 4.79 Å². The minimum Gasteiger partial charge on any atom is -0.351 e. The molecular weight excluding hydrogens is 314 g/mol. The normalized spacial score (nSPS) is 17.7. The lowest BCUT2D eigenvalue weighted by Gasteiger charge is -2.29. The maximum atomic E-state index is 12.4. The van der Waals surface area contributed by atoms with E-state index in [0.717, 1.165) is 16.8 Å². The predicted molar refractivity (Wildman–Crippen MR) is 89.4 cm³/mol. The van der Waals surface area contributed by atoms with Gasteiger partial charge in [-0.05, 0) is 23.8 Å². The second-order valence-corrected chi connectivity index (χ2v) is 5.87. The summed E-state index contributed by atoms with van der Waals surface area (Å²) in [5.74, 6) is -0.203. The molecule has 0 aliphatic carbocycles. The van der Waals surface area contributed by atoms with E-state index in [4.69, 9.17) is 17.3 Å². The molecule has 6 heteroatoms. The first kappa shape index (κ1) is 15.4. The summed E-state index contributed by atoms with van der Waals surface area (Å²) < 4.78 is 0. The Bertz CT molecular complexity index is 764. The number of nitrogens with two attached hydrogens (primary N) is 1. The van der Waals surface area contributed by atoms with Crippen LogP contribution in [0.15, 0.2) is 48.5 Å². The number of amides is 3. The first-order valence-electron chi connectivity index (χ1n) is 7.16. The average molecular weight is 330 g/mol. The Morgan fingerprint density at radius 1 is 1.22 bits per heavy atom. The lowest BCUT2D eigenvalue weighted by Crippen LogP contribution is -2.43. The van der Waals surface area contributed by atoms with Crippen molar-refractivity contribution in [2.75, 3.05) is 18.5 Å². The van der Waals surface area contributed by atoms with E-state index in [9.17, 15) is 9.59 Å². The molecule has 0 spiro atoms. The molecule has 3 amide bonds. The van der Waals surface area contributed by atoms with Gasteiger partial charge in [0.25, 0.3) is 0 Å². The first-order valence-corrected chi connectivity index (χ1v) is 7.54. The fourth-order valence-corrected chi connectivity index (χ4v) is 3.08. The van der Waals surface area contributed by atoms with Gasteiger partial charge >= 0.3 is 6.03 Å². The molecule has 0 unspecified atom stereocenters. The number of urea groups is 1. The number of likely N-dealkylation sites (N-methyl/N-ethyl adjacent to an activating group) is 1. The Hall–Kier alpha value is -2.53. The summed E-state index contributed by atoms with van der Waals surface area (Å²) in [5.41, 5.74) is 7.92. The molecule has 1 aliphatic heterocycles. The van der Waals surface area contributed by atoms with Crippen molar-refractivity contribution in [3.8, 4) is 0 Å². The molecule has 0 bridgehead atoms. The second-order valence-electron chi connectivity index (χ2n) is 5.44. The topological polar surface area (TPSA) is 66.6 Å². The van der Waals surface area contributed by atoms with Gasteiger partial charge in [0.15, 0.2) is 0 Å². The second kappa shape index (κ2) is 5.93. The van der Waals surface area contributed by atoms with Crippen molar-refractivity contribution in [1.29, 1.82) is 0 Å². The zero-order valence-electron chi connectivity index (χ0n) is 12.6. The highest BCUT2D eigenvalue weighted by Crippen LogP contribution is 2.38. The van der Waals surface area contributed by atoms with Crippen LogP contribution in [-0.2, 0) is 4.79 Å². The number of hydrogen-bond acceptors (Lipinski definition) is 2. The number of rotatable bonds is 1. The van der Waals surface area contributed by atoms with Gasteiger partial charge in [-0.15, -0.1) is 0 Å². The fourth-order valence-electron chi connectivity index (χ4n) is 2.90. The number of hydrogen-bond donors (Lipinski definition) is 1. The summed E-state index contributed by atoms with van der Waals surface area (Å²) in [6, 6.07) is 13.7. The summed E-state index contributed by atoms with van der Waals surface area (Å²) in [7, 11) is 1.68. The number of carbonyl (C=O) groups is 2. The van der Waals surface area contributed by atoms with E-state index in [1.165, 1.54) is 9.80 Å². The molecular formula is C17H16ClN3O2. The van der Waals surface area contributed by atoms with Gasteiger partial charge in [0.05, 0.1) is 6.04 Å². The fraction of sp³-hybridized carbons (Fsp3) is 0.176. The highest BCUT2D eigenvalue weighted by Gasteiger charge is 2.34. The van der Waals surface area contributed by atoms with Gasteiger partial charge in [-0.2, -0.15) is 0 Å². The van der Waals surface area contributed by atoms with Crippen LogP contribution in [-0.4, -0.2) is 30.4 Å². The molecule has 0 saturated carbocycles. The Morgan fingerprint density at radius 3 is 2.57 bits per heavy atom. The van der Waals surface area contributed by atoms with E-state index in [1.54, 1.807) is 25.2 Å². The minimum absolute atomic E-state index is 0.0856. The average Bonchev–Trinajstić information content (AvgIpc) is 2.64. The van der Waals surface area contributed by atoms with Crippen LogP contribution in [0.2, 0.25) is 5.02 Å². The van der Waals surface area contributed by atoms with Crippen LogP contribution in [0, 0.1) is 0 Å². The van der Waals surface area contributed by atoms with Crippen LogP contribution in [0.25, 0.3) is 0 Å². The number of primary amides is 1. The van der Waals surface area contributed by atoms with Crippen molar-refractivity contribution in [3.05, 3.63) is 64.7 Å². The maximum absolute atomic E-state index is 12.4. The number of benzene rings is 2. The van der Waals surface area contributed by atoms with Crippen LogP contribution in [0.1, 0.15) is 17.2 Å². The Labute approximate surface area is 139 Å². The van der Waals surface area contributed by atoms with Gasteiger partial charge in [-0.1, -0.05) is 41.9 Å². The molecule has 1 aliphatic rings. The van der Waals surface area contributed by atoms with Crippen molar-refractivity contribution in [1.82, 2.24) is 4.90 Å². The molecule has 0 radical (unpaired) electrons. The van der Waals surface area contributed by atoms with Crippen molar-refractivity contribution in [2.45, 2.75) is 6.04 Å². The third kappa shape index (κ3) is 2.75. The maximum Gasteiger partial charge on any atom is 0.316 e. The van der Waals surface area contributed by atoms with E-state index in [-0.39, 0.29) is 12.5 Å². The lowest BCUT2D eigenvalue weighted by molar-refractivity contribution is -0.118. The number of anilines is 1. The first-order chi connectivity index (χ1) is 11.0. The SMILES string of the molecule is CN1C(=O)CN(C(N)=O)[C@@H](c2ccccc2)c2cc(Cl)ccc21. The smallest absolute Gasteiger partial charge is 0.316 e. The third-order valence-corrected chi connectivity index (χ3v) is 4.27. The molecule has 3 rings (SSSR count). The summed E-state index contributed by atoms with van der Waals surface area (Å²) in [6.45, 7) is -0.0856. The van der Waals surface area contributed by atoms with Gasteiger partial charge in [0, 0.05) is 23.3 Å². The monoisotopic (exact) mass is 329 g/mol. The molecule has 118 valence electrons. The quantitative estimate of drug-likeness (QED) is 0.874. The minimum atomic E-state index is -0.645. The zero-order valence-corrected chi connectivity index (χ0v) is 13.3. The van der Waals surface area contributed by atoms with E-state index in [0.29, 0.717) is 5.02 Å². The third-order valence-electron chi connectivity index (χ3n) is 4.04. The molecule has 23 heavy (non-hydrogen) atoms. The number of nitrogens with zero attached hydrogens (tertiary/aromatic N) is 2. The molecule has 5 nitrogen and oxygen atoms in total. The molecule has 0 saturated heterocycles. The van der Waals surface area contributed by atoms with Crippen LogP contribution in [0.3, 0.4) is 0 Å². The number of fused-ring (bicyclic) bond motifs is 1. The Morgan fingerprint density at radius 2 is 1.91 bits per heavy atom. The summed E-state index contributed by atoms with van der Waals surface area (Å²) in [5, 5.41) is 0.539. The van der Waals surface area contributed by atoms with Gasteiger partial charge in [-0.25, -0.2) is 4.79 Å². The zero-order chi connectivity index (χ0) is 16.6. The van der Waals surface area contributed by atoms with Gasteiger partial charge in [0.1, 0.15) is 6.54 Å². The predicted octanol–water partition coefficient (Wildman–Crippen LogP) is 2.79. The van der Waals surface area contributed by atoms with E-state index < -0.39 is 12.1 Å². The van der Waals surface area contributed by atoms with Gasteiger partial charge in [0.2, 0.25) is 5.91 Å². The molecule has 0 aromatic heterocycles. The Kier molecular flexibility index (Phi) is 3.96. The number of carbonyl (C=O) groups excluding carboxylic acids is 2. The standard InChI is InChI=1S/C17H16ClN3O2/c1-20-14-8-7-12(18)9-13(14)16(11-5-3-2-4-6-11)21(17(19)23)10-15(20)22/h2-9,16H,10H2,1H3,(H2,19,23)/t16-/m0/s1. The molecule has 2 aromatic rings. The van der Waals surface area contributed by atoms with E-state index in [1.807, 2.05) is 30.3 Å². The van der Waals surface area contributed by atoms with E-state index >= 15 is 0 Å². The molecule has 2 aromatic carbocycles. The van der Waals surface area contributed by atoms with E-state index in [2.05, 4.69) is 0 Å². The number of halogens is 1. The summed E-state index contributed by atoms with van der Waals surface area (Å²) >= 11 is 6.16. The van der Waals surface area contributed by atoms with Crippen molar-refractivity contribution >= 4 is 29.2 Å². The summed E-state index contributed by atoms with van der Waals surface area (Å²) in [4.78, 5) is 27.3. The van der Waals surface area contributed by atoms with Crippen LogP contribution in [0.5, 0.6) is 0 Å². The van der Waals surface area contributed by atoms with Crippen LogP contribution >= 0.6 is 11.6 Å². The molecule has 0 fully saturated rings. The highest BCUT2D eigenvalue weighted by atomic mass is 35.5. The Balaban J connectivity index is 2.27. The van der Waals surface area contributed by atoms with Crippen molar-refractivity contribution in [3.63, 3.8) is 0 Å². The van der Waals surface area contributed by atoms with Gasteiger partial charge < -0.3 is 15.5 Å². The van der Waals surface area contributed by atoms with Crippen molar-refractivity contribution in [2.24, 2.45) is 5.73 Å². The molecule has 1 atom stereocenters. The lowest BCUT2D eigenvalue weighted by atomic mass is 9.96. The molecule has 2 N–H and O–H groups in total. The van der Waals surface area contributed by atoms with Crippen molar-refractivity contribution < 1.29 is 9.59 Å². The summed E-state index contributed by atoms with van der Waals surface area (Å²) in [6.07, 6.45) is 0.